The van der Waals surface area contributed by atoms with Crippen molar-refractivity contribution < 1.29 is 38.1 Å². The lowest BCUT2D eigenvalue weighted by atomic mass is 10.2. The third kappa shape index (κ3) is 6.66. The summed E-state index contributed by atoms with van der Waals surface area (Å²) in [5.74, 6) is 0.856. The summed E-state index contributed by atoms with van der Waals surface area (Å²) in [5.41, 5.74) is 1.65. The molecular weight excluding hydrogens is 468 g/mol. The Morgan fingerprint density at radius 3 is 2.47 bits per heavy atom. The highest BCUT2D eigenvalue weighted by atomic mass is 16.7. The van der Waals surface area contributed by atoms with E-state index in [1.54, 1.807) is 43.5 Å². The second-order valence-corrected chi connectivity index (χ2v) is 7.63. The van der Waals surface area contributed by atoms with Gasteiger partial charge < -0.3 is 34.3 Å². The molecule has 10 heteroatoms. The average Bonchev–Trinajstić information content (AvgIpc) is 3.38. The highest BCUT2D eigenvalue weighted by molar-refractivity contribution is 5.92. The molecule has 0 saturated heterocycles. The first-order valence-corrected chi connectivity index (χ1v) is 11.0. The molecule has 1 aliphatic heterocycles. The van der Waals surface area contributed by atoms with Gasteiger partial charge in [0.25, 0.3) is 11.8 Å². The van der Waals surface area contributed by atoms with Gasteiger partial charge in [-0.3, -0.25) is 9.59 Å². The molecule has 3 aromatic rings. The van der Waals surface area contributed by atoms with Crippen LogP contribution in [0, 0.1) is 0 Å². The number of carbonyl (C=O) groups is 3. The number of methoxy groups -OCH3 is 1. The largest absolute Gasteiger partial charge is 0.497 e. The third-order valence-corrected chi connectivity index (χ3v) is 5.07. The molecule has 0 aliphatic carbocycles. The number of benzene rings is 3. The Balaban J connectivity index is 1.17. The number of anilines is 1. The van der Waals surface area contributed by atoms with Crippen LogP contribution in [0.1, 0.15) is 15.9 Å². The Labute approximate surface area is 207 Å². The normalized spacial score (nSPS) is 11.4. The van der Waals surface area contributed by atoms with Gasteiger partial charge >= 0.3 is 5.97 Å². The van der Waals surface area contributed by atoms with Crippen molar-refractivity contribution in [2.75, 3.05) is 32.4 Å². The summed E-state index contributed by atoms with van der Waals surface area (Å²) < 4.78 is 26.2. The van der Waals surface area contributed by atoms with Crippen LogP contribution < -0.4 is 29.6 Å². The first kappa shape index (κ1) is 24.4. The van der Waals surface area contributed by atoms with E-state index in [4.69, 9.17) is 23.7 Å². The smallest absolute Gasteiger partial charge is 0.338 e. The van der Waals surface area contributed by atoms with Crippen molar-refractivity contribution in [3.05, 3.63) is 77.9 Å². The molecule has 1 aliphatic rings. The maximum Gasteiger partial charge on any atom is 0.338 e. The number of fused-ring (bicyclic) bond motifs is 1. The molecule has 0 fully saturated rings. The molecule has 0 atom stereocenters. The van der Waals surface area contributed by atoms with Gasteiger partial charge in [-0.25, -0.2) is 4.79 Å². The van der Waals surface area contributed by atoms with Gasteiger partial charge in [-0.05, 0) is 54.1 Å². The van der Waals surface area contributed by atoms with Crippen LogP contribution in [0.3, 0.4) is 0 Å². The van der Waals surface area contributed by atoms with E-state index in [-0.39, 0.29) is 31.4 Å². The van der Waals surface area contributed by atoms with Gasteiger partial charge in [0.15, 0.2) is 24.7 Å². The maximum atomic E-state index is 12.2. The van der Waals surface area contributed by atoms with Crippen LogP contribution in [0.4, 0.5) is 5.69 Å². The lowest BCUT2D eigenvalue weighted by Crippen LogP contribution is -2.28. The SMILES string of the molecule is COc1cccc(NC(=O)COc2ccc(C(=O)OCC(=O)NCc3ccc4c(c3)OCO4)cc2)c1. The van der Waals surface area contributed by atoms with E-state index in [9.17, 15) is 14.4 Å². The van der Waals surface area contributed by atoms with Gasteiger partial charge in [-0.2, -0.15) is 0 Å². The number of hydrogen-bond donors (Lipinski definition) is 2. The van der Waals surface area contributed by atoms with Crippen LogP contribution in [0.5, 0.6) is 23.0 Å². The zero-order chi connectivity index (χ0) is 25.3. The molecule has 186 valence electrons. The Morgan fingerprint density at radius 1 is 0.861 bits per heavy atom. The van der Waals surface area contributed by atoms with Gasteiger partial charge in [0.05, 0.1) is 12.7 Å². The van der Waals surface area contributed by atoms with E-state index in [2.05, 4.69) is 10.6 Å². The first-order valence-electron chi connectivity index (χ1n) is 11.0. The fraction of sp³-hybridized carbons (Fsp3) is 0.192. The van der Waals surface area contributed by atoms with Crippen LogP contribution in [-0.2, 0) is 20.9 Å². The average molecular weight is 492 g/mol. The van der Waals surface area contributed by atoms with Crippen LogP contribution in [-0.4, -0.2) is 44.9 Å². The molecule has 3 aromatic carbocycles. The van der Waals surface area contributed by atoms with E-state index in [1.807, 2.05) is 6.07 Å². The molecule has 0 radical (unpaired) electrons. The van der Waals surface area contributed by atoms with Crippen molar-refractivity contribution in [3.8, 4) is 23.0 Å². The second kappa shape index (κ2) is 11.6. The first-order chi connectivity index (χ1) is 17.5. The minimum Gasteiger partial charge on any atom is -0.497 e. The minimum absolute atomic E-state index is 0.174. The van der Waals surface area contributed by atoms with E-state index in [0.29, 0.717) is 28.7 Å². The number of amides is 2. The zero-order valence-corrected chi connectivity index (χ0v) is 19.4. The highest BCUT2D eigenvalue weighted by Crippen LogP contribution is 2.32. The van der Waals surface area contributed by atoms with E-state index < -0.39 is 18.5 Å². The van der Waals surface area contributed by atoms with Gasteiger partial charge in [0, 0.05) is 18.3 Å². The van der Waals surface area contributed by atoms with Crippen LogP contribution in [0.2, 0.25) is 0 Å². The van der Waals surface area contributed by atoms with Gasteiger partial charge in [-0.1, -0.05) is 12.1 Å². The molecule has 0 saturated carbocycles. The molecule has 0 spiro atoms. The van der Waals surface area contributed by atoms with Gasteiger partial charge in [-0.15, -0.1) is 0 Å². The third-order valence-electron chi connectivity index (χ3n) is 5.07. The summed E-state index contributed by atoms with van der Waals surface area (Å²) >= 11 is 0. The monoisotopic (exact) mass is 492 g/mol. The molecule has 0 bridgehead atoms. The van der Waals surface area contributed by atoms with Crippen LogP contribution in [0.15, 0.2) is 66.7 Å². The lowest BCUT2D eigenvalue weighted by molar-refractivity contribution is -0.124. The molecule has 36 heavy (non-hydrogen) atoms. The molecule has 2 N–H and O–H groups in total. The fourth-order valence-corrected chi connectivity index (χ4v) is 3.25. The number of carbonyl (C=O) groups excluding carboxylic acids is 3. The Morgan fingerprint density at radius 2 is 1.67 bits per heavy atom. The van der Waals surface area contributed by atoms with Crippen molar-refractivity contribution >= 4 is 23.5 Å². The fourth-order valence-electron chi connectivity index (χ4n) is 3.25. The predicted octanol–water partition coefficient (Wildman–Crippen LogP) is 2.91. The topological polar surface area (TPSA) is 121 Å². The Bertz CT molecular complexity index is 1240. The minimum atomic E-state index is -0.657. The summed E-state index contributed by atoms with van der Waals surface area (Å²) in [6.07, 6.45) is 0. The molecule has 4 rings (SSSR count). The molecule has 10 nitrogen and oxygen atoms in total. The zero-order valence-electron chi connectivity index (χ0n) is 19.4. The molecule has 2 amide bonds. The predicted molar refractivity (Wildman–Crippen MR) is 128 cm³/mol. The summed E-state index contributed by atoms with van der Waals surface area (Å²) in [5, 5.41) is 5.39. The van der Waals surface area contributed by atoms with E-state index in [1.165, 1.54) is 24.3 Å². The second-order valence-electron chi connectivity index (χ2n) is 7.63. The number of esters is 1. The summed E-state index contributed by atoms with van der Waals surface area (Å²) in [4.78, 5) is 36.4. The number of rotatable bonds is 10. The lowest BCUT2D eigenvalue weighted by Gasteiger charge is -2.09. The van der Waals surface area contributed by atoms with Gasteiger partial charge in [0.2, 0.25) is 6.79 Å². The van der Waals surface area contributed by atoms with Crippen LogP contribution >= 0.6 is 0 Å². The summed E-state index contributed by atoms with van der Waals surface area (Å²) in [6.45, 7) is -0.213. The number of hydrogen-bond acceptors (Lipinski definition) is 8. The standard InChI is InChI=1S/C26H24N2O8/c1-32-21-4-2-3-19(12-21)28-25(30)15-33-20-8-6-18(7-9-20)26(31)34-14-24(29)27-13-17-5-10-22-23(11-17)36-16-35-22/h2-12H,13-16H2,1H3,(H,27,29)(H,28,30). The van der Waals surface area contributed by atoms with E-state index >= 15 is 0 Å². The number of ether oxygens (including phenoxy) is 5. The maximum absolute atomic E-state index is 12.2. The quantitative estimate of drug-likeness (QED) is 0.415. The molecule has 1 heterocycles. The highest BCUT2D eigenvalue weighted by Gasteiger charge is 2.14. The summed E-state index contributed by atoms with van der Waals surface area (Å²) in [6, 6.07) is 18.4. The van der Waals surface area contributed by atoms with Gasteiger partial charge in [0.1, 0.15) is 11.5 Å². The molecule has 0 unspecified atom stereocenters. The number of nitrogens with one attached hydrogen (secondary N) is 2. The van der Waals surface area contributed by atoms with Crippen molar-refractivity contribution in [1.29, 1.82) is 0 Å². The van der Waals surface area contributed by atoms with Crippen LogP contribution in [0.25, 0.3) is 0 Å². The van der Waals surface area contributed by atoms with Crippen molar-refractivity contribution in [1.82, 2.24) is 5.32 Å². The van der Waals surface area contributed by atoms with Crippen molar-refractivity contribution in [2.45, 2.75) is 6.54 Å². The van der Waals surface area contributed by atoms with Crippen molar-refractivity contribution in [3.63, 3.8) is 0 Å². The molecular formula is C26H24N2O8. The Kier molecular flexibility index (Phi) is 7.87. The summed E-state index contributed by atoms with van der Waals surface area (Å²) in [7, 11) is 1.54. The van der Waals surface area contributed by atoms with Crippen molar-refractivity contribution in [2.24, 2.45) is 0 Å². The van der Waals surface area contributed by atoms with E-state index in [0.717, 1.165) is 5.56 Å². The Hall–Kier alpha value is -4.73. The molecule has 0 aromatic heterocycles.